The van der Waals surface area contributed by atoms with E-state index in [0.717, 1.165) is 0 Å². The molecule has 1 aliphatic rings. The van der Waals surface area contributed by atoms with Gasteiger partial charge in [0.2, 0.25) is 0 Å². The second kappa shape index (κ2) is 5.34. The van der Waals surface area contributed by atoms with E-state index in [1.54, 1.807) is 0 Å². The molecule has 0 radical (unpaired) electrons. The van der Waals surface area contributed by atoms with Crippen molar-refractivity contribution in [3.63, 3.8) is 0 Å². The van der Waals surface area contributed by atoms with E-state index < -0.39 is 24.4 Å². The van der Waals surface area contributed by atoms with Gasteiger partial charge in [-0.15, -0.1) is 12.4 Å². The molecule has 1 N–H and O–H groups in total. The number of piperidine rings is 1. The maximum atomic E-state index is 12.7. The highest BCUT2D eigenvalue weighted by Crippen LogP contribution is 2.19. The van der Waals surface area contributed by atoms with Gasteiger partial charge in [0.05, 0.1) is 13.0 Å². The third-order valence-corrected chi connectivity index (χ3v) is 1.92. The van der Waals surface area contributed by atoms with Gasteiger partial charge in [-0.2, -0.15) is 0 Å². The van der Waals surface area contributed by atoms with Crippen LogP contribution in [-0.2, 0) is 9.53 Å². The molecule has 3 unspecified atom stereocenters. The number of carbonyl (C=O) groups excluding carboxylic acids is 1. The summed E-state index contributed by atoms with van der Waals surface area (Å²) in [4.78, 5) is 10.9. The number of nitrogens with one attached hydrogen (secondary N) is 1. The van der Waals surface area contributed by atoms with Crippen LogP contribution in [0.4, 0.5) is 8.78 Å². The van der Waals surface area contributed by atoms with E-state index in [4.69, 9.17) is 0 Å². The largest absolute Gasteiger partial charge is 0.469 e. The smallest absolute Gasteiger partial charge is 0.310 e. The summed E-state index contributed by atoms with van der Waals surface area (Å²) in [6.45, 7) is 0.147. The van der Waals surface area contributed by atoms with Gasteiger partial charge in [-0.1, -0.05) is 0 Å². The Hall–Kier alpha value is -0.420. The number of methoxy groups -OCH3 is 1. The molecule has 0 aromatic carbocycles. The predicted octanol–water partition coefficient (Wildman–Crippen LogP) is 0.824. The molecule has 0 saturated carbocycles. The first kappa shape index (κ1) is 12.6. The maximum absolute atomic E-state index is 12.7. The monoisotopic (exact) mass is 215 g/mol. The standard InChI is InChI=1S/C7H11F2NO2.ClH/c1-12-7(11)4-2-5(8)6(9)10-3-4;/h4-6,10H,2-3H2,1H3;1H. The van der Waals surface area contributed by atoms with Crippen LogP contribution in [-0.4, -0.2) is 32.1 Å². The molecular weight excluding hydrogens is 204 g/mol. The fourth-order valence-electron chi connectivity index (χ4n) is 1.20. The average Bonchev–Trinajstić information content (AvgIpc) is 2.08. The van der Waals surface area contributed by atoms with Gasteiger partial charge >= 0.3 is 5.97 Å². The molecule has 3 atom stereocenters. The Morgan fingerprint density at radius 3 is 2.62 bits per heavy atom. The number of carbonyl (C=O) groups is 1. The molecule has 1 rings (SSSR count). The zero-order valence-electron chi connectivity index (χ0n) is 7.13. The zero-order chi connectivity index (χ0) is 9.14. The molecule has 3 nitrogen and oxygen atoms in total. The number of ether oxygens (including phenoxy) is 1. The van der Waals surface area contributed by atoms with Crippen molar-refractivity contribution in [2.45, 2.75) is 18.9 Å². The van der Waals surface area contributed by atoms with Crippen LogP contribution in [0.5, 0.6) is 0 Å². The Balaban J connectivity index is 0.00000144. The van der Waals surface area contributed by atoms with Gasteiger partial charge < -0.3 is 4.74 Å². The van der Waals surface area contributed by atoms with Crippen LogP contribution in [0.25, 0.3) is 0 Å². The van der Waals surface area contributed by atoms with Crippen molar-refractivity contribution in [3.05, 3.63) is 0 Å². The minimum Gasteiger partial charge on any atom is -0.469 e. The molecule has 0 bridgehead atoms. The van der Waals surface area contributed by atoms with Crippen molar-refractivity contribution in [2.75, 3.05) is 13.7 Å². The third-order valence-electron chi connectivity index (χ3n) is 1.92. The molecule has 0 spiro atoms. The average molecular weight is 216 g/mol. The molecule has 0 aromatic rings. The van der Waals surface area contributed by atoms with Gasteiger partial charge in [0.15, 0.2) is 6.30 Å². The van der Waals surface area contributed by atoms with Crippen LogP contribution < -0.4 is 5.32 Å². The van der Waals surface area contributed by atoms with Crippen LogP contribution >= 0.6 is 12.4 Å². The molecule has 78 valence electrons. The van der Waals surface area contributed by atoms with Gasteiger partial charge in [-0.3, -0.25) is 10.1 Å². The van der Waals surface area contributed by atoms with Crippen LogP contribution in [0.2, 0.25) is 0 Å². The van der Waals surface area contributed by atoms with Crippen LogP contribution in [0.15, 0.2) is 0 Å². The van der Waals surface area contributed by atoms with Crippen LogP contribution in [0.3, 0.4) is 0 Å². The van der Waals surface area contributed by atoms with E-state index >= 15 is 0 Å². The fraction of sp³-hybridized carbons (Fsp3) is 0.857. The first-order valence-electron chi connectivity index (χ1n) is 3.74. The number of alkyl halides is 2. The first-order chi connectivity index (χ1) is 5.65. The normalized spacial score (nSPS) is 33.3. The topological polar surface area (TPSA) is 38.3 Å². The summed E-state index contributed by atoms with van der Waals surface area (Å²) < 4.78 is 29.6. The maximum Gasteiger partial charge on any atom is 0.310 e. The van der Waals surface area contributed by atoms with E-state index in [1.165, 1.54) is 7.11 Å². The van der Waals surface area contributed by atoms with E-state index in [-0.39, 0.29) is 25.4 Å². The van der Waals surface area contributed by atoms with E-state index in [2.05, 4.69) is 10.1 Å². The van der Waals surface area contributed by atoms with E-state index in [1.807, 2.05) is 0 Å². The number of esters is 1. The van der Waals surface area contributed by atoms with E-state index in [0.29, 0.717) is 0 Å². The molecule has 1 heterocycles. The van der Waals surface area contributed by atoms with Crippen LogP contribution in [0.1, 0.15) is 6.42 Å². The SMILES string of the molecule is COC(=O)C1CNC(F)C(F)C1.Cl. The van der Waals surface area contributed by atoms with Crippen molar-refractivity contribution in [1.82, 2.24) is 5.32 Å². The Bertz CT molecular complexity index is 182. The summed E-state index contributed by atoms with van der Waals surface area (Å²) in [7, 11) is 1.23. The van der Waals surface area contributed by atoms with Crippen molar-refractivity contribution >= 4 is 18.4 Å². The Labute approximate surface area is 81.2 Å². The summed E-state index contributed by atoms with van der Waals surface area (Å²) in [5.74, 6) is -1.05. The lowest BCUT2D eigenvalue weighted by molar-refractivity contribution is -0.147. The molecule has 6 heteroatoms. The second-order valence-corrected chi connectivity index (χ2v) is 2.78. The quantitative estimate of drug-likeness (QED) is 0.520. The predicted molar refractivity (Wildman–Crippen MR) is 45.2 cm³/mol. The highest BCUT2D eigenvalue weighted by Gasteiger charge is 2.34. The molecule has 0 amide bonds. The lowest BCUT2D eigenvalue weighted by Gasteiger charge is -2.26. The lowest BCUT2D eigenvalue weighted by atomic mass is 9.98. The molecular formula is C7H12ClF2NO2. The Kier molecular flexibility index (Phi) is 5.17. The summed E-state index contributed by atoms with van der Waals surface area (Å²) in [6.07, 6.45) is -3.35. The molecule has 1 saturated heterocycles. The summed E-state index contributed by atoms with van der Waals surface area (Å²) in [6, 6.07) is 0. The van der Waals surface area contributed by atoms with Crippen molar-refractivity contribution in [1.29, 1.82) is 0 Å². The molecule has 0 aliphatic carbocycles. The third kappa shape index (κ3) is 3.08. The zero-order valence-corrected chi connectivity index (χ0v) is 7.94. The lowest BCUT2D eigenvalue weighted by Crippen LogP contribution is -2.46. The Morgan fingerprint density at radius 2 is 2.15 bits per heavy atom. The van der Waals surface area contributed by atoms with E-state index in [9.17, 15) is 13.6 Å². The molecule has 1 fully saturated rings. The van der Waals surface area contributed by atoms with Gasteiger partial charge in [-0.25, -0.2) is 8.78 Å². The molecule has 13 heavy (non-hydrogen) atoms. The highest BCUT2D eigenvalue weighted by molar-refractivity contribution is 5.85. The number of rotatable bonds is 1. The summed E-state index contributed by atoms with van der Waals surface area (Å²) >= 11 is 0. The van der Waals surface area contributed by atoms with Gasteiger partial charge in [0.1, 0.15) is 6.17 Å². The number of hydrogen-bond donors (Lipinski definition) is 1. The molecule has 0 aromatic heterocycles. The van der Waals surface area contributed by atoms with Crippen molar-refractivity contribution < 1.29 is 18.3 Å². The fourth-order valence-corrected chi connectivity index (χ4v) is 1.20. The van der Waals surface area contributed by atoms with Crippen LogP contribution in [0, 0.1) is 5.92 Å². The van der Waals surface area contributed by atoms with Gasteiger partial charge in [-0.05, 0) is 6.42 Å². The minimum atomic E-state index is -1.65. The van der Waals surface area contributed by atoms with Gasteiger partial charge in [0.25, 0.3) is 0 Å². The number of hydrogen-bond acceptors (Lipinski definition) is 3. The first-order valence-corrected chi connectivity index (χ1v) is 3.74. The summed E-state index contributed by atoms with van der Waals surface area (Å²) in [5, 5.41) is 2.25. The summed E-state index contributed by atoms with van der Waals surface area (Å²) in [5.41, 5.74) is 0. The van der Waals surface area contributed by atoms with Crippen molar-refractivity contribution in [2.24, 2.45) is 5.92 Å². The second-order valence-electron chi connectivity index (χ2n) is 2.78. The van der Waals surface area contributed by atoms with Gasteiger partial charge in [0, 0.05) is 6.54 Å². The minimum absolute atomic E-state index is 0. The number of halogens is 3. The Morgan fingerprint density at radius 1 is 1.54 bits per heavy atom. The molecule has 1 aliphatic heterocycles. The van der Waals surface area contributed by atoms with Crippen molar-refractivity contribution in [3.8, 4) is 0 Å². The highest BCUT2D eigenvalue weighted by atomic mass is 35.5.